The first-order chi connectivity index (χ1) is 12.6. The van der Waals surface area contributed by atoms with Crippen LogP contribution in [0.2, 0.25) is 0 Å². The van der Waals surface area contributed by atoms with E-state index in [1.165, 1.54) is 4.70 Å². The zero-order valence-corrected chi connectivity index (χ0v) is 16.2. The highest BCUT2D eigenvalue weighted by Gasteiger charge is 2.05. The topological polar surface area (TPSA) is 45.2 Å². The van der Waals surface area contributed by atoms with Crippen LogP contribution in [0.4, 0.5) is 5.69 Å². The molecule has 0 unspecified atom stereocenters. The monoisotopic (exact) mass is 367 g/mol. The summed E-state index contributed by atoms with van der Waals surface area (Å²) in [5, 5.41) is 4.16. The van der Waals surface area contributed by atoms with E-state index in [2.05, 4.69) is 45.5 Å². The molecule has 4 nitrogen and oxygen atoms in total. The number of carbonyl (C=O) groups is 1. The van der Waals surface area contributed by atoms with E-state index in [1.807, 2.05) is 32.3 Å². The minimum atomic E-state index is 0.117. The van der Waals surface area contributed by atoms with Crippen molar-refractivity contribution in [3.05, 3.63) is 59.1 Å². The van der Waals surface area contributed by atoms with Gasteiger partial charge in [0.25, 0.3) is 0 Å². The SMILES string of the molecule is CN(C)c1ccc(CNC(=O)CCCCc2nc3ccccc3s2)cc1. The third kappa shape index (κ3) is 5.05. The summed E-state index contributed by atoms with van der Waals surface area (Å²) >= 11 is 1.75. The minimum Gasteiger partial charge on any atom is -0.378 e. The van der Waals surface area contributed by atoms with E-state index in [4.69, 9.17) is 0 Å². The summed E-state index contributed by atoms with van der Waals surface area (Å²) in [6.07, 6.45) is 3.39. The summed E-state index contributed by atoms with van der Waals surface area (Å²) in [5.74, 6) is 0.117. The van der Waals surface area contributed by atoms with Gasteiger partial charge in [0, 0.05) is 32.7 Å². The molecule has 1 heterocycles. The number of aromatic nitrogens is 1. The van der Waals surface area contributed by atoms with Gasteiger partial charge in [-0.1, -0.05) is 24.3 Å². The Hall–Kier alpha value is -2.40. The van der Waals surface area contributed by atoms with Crippen LogP contribution in [0.3, 0.4) is 0 Å². The Bertz CT molecular complexity index is 822. The van der Waals surface area contributed by atoms with Crippen molar-refractivity contribution < 1.29 is 4.79 Å². The predicted molar refractivity (Wildman–Crippen MR) is 110 cm³/mol. The van der Waals surface area contributed by atoms with Crippen LogP contribution < -0.4 is 10.2 Å². The van der Waals surface area contributed by atoms with Crippen LogP contribution >= 0.6 is 11.3 Å². The number of rotatable bonds is 8. The highest BCUT2D eigenvalue weighted by atomic mass is 32.1. The number of nitrogens with zero attached hydrogens (tertiary/aromatic N) is 2. The summed E-state index contributed by atoms with van der Waals surface area (Å²) in [4.78, 5) is 18.7. The van der Waals surface area contributed by atoms with Crippen molar-refractivity contribution in [2.24, 2.45) is 0 Å². The molecule has 1 N–H and O–H groups in total. The highest BCUT2D eigenvalue weighted by Crippen LogP contribution is 2.22. The third-order valence-corrected chi connectivity index (χ3v) is 5.42. The second-order valence-corrected chi connectivity index (χ2v) is 7.74. The molecule has 1 aromatic heterocycles. The van der Waals surface area contributed by atoms with E-state index in [1.54, 1.807) is 11.3 Å². The number of hydrogen-bond acceptors (Lipinski definition) is 4. The summed E-state index contributed by atoms with van der Waals surface area (Å²) < 4.78 is 1.24. The summed E-state index contributed by atoms with van der Waals surface area (Å²) in [6.45, 7) is 0.588. The first kappa shape index (κ1) is 18.4. The van der Waals surface area contributed by atoms with Crippen molar-refractivity contribution in [2.75, 3.05) is 19.0 Å². The van der Waals surface area contributed by atoms with E-state index < -0.39 is 0 Å². The lowest BCUT2D eigenvalue weighted by atomic mass is 10.1. The molecule has 0 saturated heterocycles. The Kier molecular flexibility index (Phi) is 6.23. The highest BCUT2D eigenvalue weighted by molar-refractivity contribution is 7.18. The molecule has 0 radical (unpaired) electrons. The van der Waals surface area contributed by atoms with Crippen LogP contribution in [0.1, 0.15) is 29.8 Å². The number of anilines is 1. The van der Waals surface area contributed by atoms with Gasteiger partial charge in [0.15, 0.2) is 0 Å². The first-order valence-electron chi connectivity index (χ1n) is 8.99. The second-order valence-electron chi connectivity index (χ2n) is 6.62. The van der Waals surface area contributed by atoms with Crippen molar-refractivity contribution in [1.82, 2.24) is 10.3 Å². The fraction of sp³-hybridized carbons (Fsp3) is 0.333. The molecular formula is C21H25N3OS. The van der Waals surface area contributed by atoms with Crippen LogP contribution in [-0.4, -0.2) is 25.0 Å². The zero-order valence-electron chi connectivity index (χ0n) is 15.4. The van der Waals surface area contributed by atoms with Gasteiger partial charge in [-0.15, -0.1) is 11.3 Å². The van der Waals surface area contributed by atoms with Gasteiger partial charge in [0.1, 0.15) is 0 Å². The number of thiazole rings is 1. The average molecular weight is 368 g/mol. The Morgan fingerprint density at radius 2 is 1.85 bits per heavy atom. The van der Waals surface area contributed by atoms with Gasteiger partial charge < -0.3 is 10.2 Å². The molecule has 0 aliphatic heterocycles. The van der Waals surface area contributed by atoms with Gasteiger partial charge in [-0.2, -0.15) is 0 Å². The predicted octanol–water partition coefficient (Wildman–Crippen LogP) is 4.39. The van der Waals surface area contributed by atoms with Gasteiger partial charge in [0.2, 0.25) is 5.91 Å². The van der Waals surface area contributed by atoms with Gasteiger partial charge in [-0.25, -0.2) is 4.98 Å². The molecule has 1 amide bonds. The van der Waals surface area contributed by atoms with E-state index in [0.717, 1.165) is 41.0 Å². The molecule has 136 valence electrons. The first-order valence-corrected chi connectivity index (χ1v) is 9.81. The second kappa shape index (κ2) is 8.81. The third-order valence-electron chi connectivity index (χ3n) is 4.33. The van der Waals surface area contributed by atoms with Crippen LogP contribution in [0, 0.1) is 0 Å². The van der Waals surface area contributed by atoms with Crippen molar-refractivity contribution in [1.29, 1.82) is 0 Å². The van der Waals surface area contributed by atoms with Crippen LogP contribution in [0.15, 0.2) is 48.5 Å². The minimum absolute atomic E-state index is 0.117. The molecule has 3 aromatic rings. The van der Waals surface area contributed by atoms with E-state index in [0.29, 0.717) is 13.0 Å². The number of benzene rings is 2. The van der Waals surface area contributed by atoms with Gasteiger partial charge in [0.05, 0.1) is 15.2 Å². The number of unbranched alkanes of at least 4 members (excludes halogenated alkanes) is 1. The molecule has 26 heavy (non-hydrogen) atoms. The molecular weight excluding hydrogens is 342 g/mol. The van der Waals surface area contributed by atoms with Gasteiger partial charge in [-0.3, -0.25) is 4.79 Å². The van der Waals surface area contributed by atoms with Crippen LogP contribution in [0.5, 0.6) is 0 Å². The molecule has 2 aromatic carbocycles. The maximum atomic E-state index is 12.0. The number of fused-ring (bicyclic) bond motifs is 1. The van der Waals surface area contributed by atoms with Crippen molar-refractivity contribution in [2.45, 2.75) is 32.2 Å². The van der Waals surface area contributed by atoms with E-state index >= 15 is 0 Å². The van der Waals surface area contributed by atoms with Crippen LogP contribution in [-0.2, 0) is 17.8 Å². The van der Waals surface area contributed by atoms with E-state index in [-0.39, 0.29) is 5.91 Å². The molecule has 0 fully saturated rings. The Balaban J connectivity index is 1.36. The number of carbonyl (C=O) groups excluding carboxylic acids is 1. The summed E-state index contributed by atoms with van der Waals surface area (Å²) in [6, 6.07) is 16.5. The average Bonchev–Trinajstić information content (AvgIpc) is 3.06. The van der Waals surface area contributed by atoms with Crippen molar-refractivity contribution in [3.8, 4) is 0 Å². The molecule has 0 aliphatic carbocycles. The zero-order chi connectivity index (χ0) is 18.4. The molecule has 3 rings (SSSR count). The Morgan fingerprint density at radius 1 is 1.08 bits per heavy atom. The fourth-order valence-electron chi connectivity index (χ4n) is 2.79. The van der Waals surface area contributed by atoms with Crippen molar-refractivity contribution in [3.63, 3.8) is 0 Å². The Labute approximate surface area is 158 Å². The summed E-state index contributed by atoms with van der Waals surface area (Å²) in [5.41, 5.74) is 3.36. The number of hydrogen-bond donors (Lipinski definition) is 1. The smallest absolute Gasteiger partial charge is 0.220 e. The lowest BCUT2D eigenvalue weighted by Gasteiger charge is -2.13. The normalized spacial score (nSPS) is 10.8. The van der Waals surface area contributed by atoms with Gasteiger partial charge in [-0.05, 0) is 49.1 Å². The number of nitrogens with one attached hydrogen (secondary N) is 1. The van der Waals surface area contributed by atoms with Crippen LogP contribution in [0.25, 0.3) is 10.2 Å². The maximum absolute atomic E-state index is 12.0. The van der Waals surface area contributed by atoms with E-state index in [9.17, 15) is 4.79 Å². The number of aryl methyl sites for hydroxylation is 1. The molecule has 0 spiro atoms. The quantitative estimate of drug-likeness (QED) is 0.601. The molecule has 0 atom stereocenters. The lowest BCUT2D eigenvalue weighted by Crippen LogP contribution is -2.22. The standard InChI is InChI=1S/C21H25N3OS/c1-24(2)17-13-11-16(12-14-17)15-22-20(25)9-5-6-10-21-23-18-7-3-4-8-19(18)26-21/h3-4,7-8,11-14H,5-6,9-10,15H2,1-2H3,(H,22,25). The van der Waals surface area contributed by atoms with Gasteiger partial charge >= 0.3 is 0 Å². The molecule has 0 bridgehead atoms. The summed E-state index contributed by atoms with van der Waals surface area (Å²) in [7, 11) is 4.04. The molecule has 5 heteroatoms. The Morgan fingerprint density at radius 3 is 2.58 bits per heavy atom. The lowest BCUT2D eigenvalue weighted by molar-refractivity contribution is -0.121. The molecule has 0 aliphatic rings. The largest absolute Gasteiger partial charge is 0.378 e. The molecule has 0 saturated carbocycles. The maximum Gasteiger partial charge on any atom is 0.220 e. The number of para-hydroxylation sites is 1. The number of amides is 1. The van der Waals surface area contributed by atoms with Crippen molar-refractivity contribution >= 4 is 33.1 Å². The fourth-order valence-corrected chi connectivity index (χ4v) is 3.80.